The smallest absolute Gasteiger partial charge is 0.0951 e. The molecule has 1 saturated heterocycles. The zero-order valence-corrected chi connectivity index (χ0v) is 13.9. The number of aryl methyl sites for hydroxylation is 1. The number of hydrogen-bond acceptors (Lipinski definition) is 3. The van der Waals surface area contributed by atoms with Crippen molar-refractivity contribution in [2.24, 2.45) is 5.92 Å². The van der Waals surface area contributed by atoms with Gasteiger partial charge in [0.25, 0.3) is 0 Å². The lowest BCUT2D eigenvalue weighted by molar-refractivity contribution is 0.135. The summed E-state index contributed by atoms with van der Waals surface area (Å²) in [4.78, 5) is 6.96. The lowest BCUT2D eigenvalue weighted by Crippen LogP contribution is -2.41. The van der Waals surface area contributed by atoms with E-state index in [1.807, 2.05) is 23.4 Å². The molecule has 0 aliphatic carbocycles. The van der Waals surface area contributed by atoms with Crippen LogP contribution in [0.3, 0.4) is 0 Å². The second-order valence-electron chi connectivity index (χ2n) is 6.58. The second-order valence-corrected chi connectivity index (χ2v) is 6.58. The average Bonchev–Trinajstić information content (AvgIpc) is 3.16. The van der Waals surface area contributed by atoms with Crippen LogP contribution >= 0.6 is 0 Å². The zero-order chi connectivity index (χ0) is 15.5. The van der Waals surface area contributed by atoms with Crippen LogP contribution in [-0.4, -0.2) is 43.4 Å². The van der Waals surface area contributed by atoms with Gasteiger partial charge in [0.15, 0.2) is 0 Å². The van der Waals surface area contributed by atoms with Crippen molar-refractivity contribution in [1.82, 2.24) is 24.2 Å². The van der Waals surface area contributed by atoms with Gasteiger partial charge in [-0.2, -0.15) is 5.10 Å². The van der Waals surface area contributed by atoms with Gasteiger partial charge >= 0.3 is 0 Å². The predicted octanol–water partition coefficient (Wildman–Crippen LogP) is 2.89. The van der Waals surface area contributed by atoms with Gasteiger partial charge < -0.3 is 4.57 Å². The quantitative estimate of drug-likeness (QED) is 0.852. The maximum absolute atomic E-state index is 4.37. The van der Waals surface area contributed by atoms with Crippen molar-refractivity contribution in [3.05, 3.63) is 24.9 Å². The molecule has 0 aromatic carbocycles. The summed E-state index contributed by atoms with van der Waals surface area (Å²) in [5.74, 6) is 0.882. The Kier molecular flexibility index (Phi) is 4.62. The first-order valence-electron chi connectivity index (χ1n) is 8.44. The third-order valence-corrected chi connectivity index (χ3v) is 4.87. The van der Waals surface area contributed by atoms with Crippen LogP contribution in [-0.2, 0) is 13.1 Å². The molecule has 1 aliphatic heterocycles. The third-order valence-electron chi connectivity index (χ3n) is 4.87. The van der Waals surface area contributed by atoms with Gasteiger partial charge in [0, 0.05) is 30.9 Å². The summed E-state index contributed by atoms with van der Waals surface area (Å²) in [5, 5.41) is 4.37. The van der Waals surface area contributed by atoms with Gasteiger partial charge in [-0.05, 0) is 45.7 Å². The normalized spacial score (nSPS) is 18.7. The summed E-state index contributed by atoms with van der Waals surface area (Å²) < 4.78 is 4.22. The maximum Gasteiger partial charge on any atom is 0.0951 e. The fourth-order valence-corrected chi connectivity index (χ4v) is 3.24. The molecule has 3 rings (SSSR count). The minimum Gasteiger partial charge on any atom is -0.329 e. The summed E-state index contributed by atoms with van der Waals surface area (Å²) in [7, 11) is 0. The molecule has 1 fully saturated rings. The molecule has 5 nitrogen and oxygen atoms in total. The molecule has 0 N–H and O–H groups in total. The highest BCUT2D eigenvalue weighted by molar-refractivity contribution is 5.56. The van der Waals surface area contributed by atoms with Crippen LogP contribution in [0.2, 0.25) is 0 Å². The monoisotopic (exact) mass is 301 g/mol. The number of likely N-dealkylation sites (tertiary alicyclic amines) is 1. The van der Waals surface area contributed by atoms with E-state index in [9.17, 15) is 0 Å². The molecule has 0 amide bonds. The minimum atomic E-state index is 0.543. The average molecular weight is 301 g/mol. The summed E-state index contributed by atoms with van der Waals surface area (Å²) in [6, 6.07) is 0.543. The molecule has 0 saturated carbocycles. The van der Waals surface area contributed by atoms with Gasteiger partial charge in [0.1, 0.15) is 0 Å². The van der Waals surface area contributed by atoms with Crippen LogP contribution < -0.4 is 0 Å². The van der Waals surface area contributed by atoms with E-state index in [0.717, 1.165) is 30.3 Å². The van der Waals surface area contributed by atoms with Crippen molar-refractivity contribution < 1.29 is 0 Å². The number of hydrogen-bond donors (Lipinski definition) is 0. The van der Waals surface area contributed by atoms with Crippen LogP contribution in [0.15, 0.2) is 24.9 Å². The molecule has 0 radical (unpaired) electrons. The Balaban J connectivity index is 1.69. The summed E-state index contributed by atoms with van der Waals surface area (Å²) >= 11 is 0. The number of aromatic nitrogens is 4. The van der Waals surface area contributed by atoms with E-state index in [2.05, 4.69) is 46.5 Å². The first-order valence-corrected chi connectivity index (χ1v) is 8.44. The van der Waals surface area contributed by atoms with E-state index in [4.69, 9.17) is 0 Å². The molecule has 1 unspecified atom stereocenters. The Bertz CT molecular complexity index is 592. The van der Waals surface area contributed by atoms with Crippen molar-refractivity contribution in [3.8, 4) is 11.3 Å². The third kappa shape index (κ3) is 3.24. The van der Waals surface area contributed by atoms with E-state index < -0.39 is 0 Å². The van der Waals surface area contributed by atoms with Crippen molar-refractivity contribution in [2.75, 3.05) is 13.1 Å². The van der Waals surface area contributed by atoms with Crippen LogP contribution in [0.25, 0.3) is 11.3 Å². The summed E-state index contributed by atoms with van der Waals surface area (Å²) in [6.45, 7) is 11.1. The van der Waals surface area contributed by atoms with Crippen molar-refractivity contribution in [1.29, 1.82) is 0 Å². The molecule has 22 heavy (non-hydrogen) atoms. The van der Waals surface area contributed by atoms with Crippen LogP contribution in [0, 0.1) is 5.92 Å². The molecule has 5 heteroatoms. The van der Waals surface area contributed by atoms with Crippen LogP contribution in [0.4, 0.5) is 0 Å². The molecule has 1 atom stereocenters. The Morgan fingerprint density at radius 1 is 1.27 bits per heavy atom. The van der Waals surface area contributed by atoms with Gasteiger partial charge in [-0.25, -0.2) is 4.98 Å². The number of piperidine rings is 1. The molecule has 2 aromatic rings. The van der Waals surface area contributed by atoms with Gasteiger partial charge in [0.2, 0.25) is 0 Å². The molecular formula is C17H27N5. The minimum absolute atomic E-state index is 0.543. The predicted molar refractivity (Wildman–Crippen MR) is 88.6 cm³/mol. The van der Waals surface area contributed by atoms with E-state index in [0.29, 0.717) is 6.04 Å². The molecule has 0 bridgehead atoms. The lowest BCUT2D eigenvalue weighted by atomic mass is 9.98. The Labute approximate surface area is 133 Å². The highest BCUT2D eigenvalue weighted by atomic mass is 15.3. The molecule has 1 aliphatic rings. The molecule has 2 aromatic heterocycles. The van der Waals surface area contributed by atoms with Crippen molar-refractivity contribution in [3.63, 3.8) is 0 Å². The molecule has 120 valence electrons. The van der Waals surface area contributed by atoms with Crippen molar-refractivity contribution in [2.45, 2.75) is 52.7 Å². The molecular weight excluding hydrogens is 274 g/mol. The lowest BCUT2D eigenvalue weighted by Gasteiger charge is -2.35. The van der Waals surface area contributed by atoms with E-state index >= 15 is 0 Å². The fourth-order valence-electron chi connectivity index (χ4n) is 3.24. The van der Waals surface area contributed by atoms with E-state index in [-0.39, 0.29) is 0 Å². The van der Waals surface area contributed by atoms with Gasteiger partial charge in [-0.3, -0.25) is 9.58 Å². The molecule has 0 spiro atoms. The number of nitrogens with zero attached hydrogens (tertiary/aromatic N) is 5. The Morgan fingerprint density at radius 3 is 2.73 bits per heavy atom. The van der Waals surface area contributed by atoms with Gasteiger partial charge in [-0.15, -0.1) is 0 Å². The maximum atomic E-state index is 4.37. The van der Waals surface area contributed by atoms with E-state index in [1.165, 1.54) is 25.9 Å². The SMILES string of the molecule is CCn1cc(-c2cncn2CC(C)N2CCC(C)CC2)cn1. The van der Waals surface area contributed by atoms with Crippen LogP contribution in [0.1, 0.15) is 33.6 Å². The Hall–Kier alpha value is -1.62. The topological polar surface area (TPSA) is 38.9 Å². The largest absolute Gasteiger partial charge is 0.329 e. The standard InChI is InChI=1S/C17H27N5/c1-4-22-12-16(9-19-22)17-10-18-13-21(17)11-15(3)20-7-5-14(2)6-8-20/h9-10,12-15H,4-8,11H2,1-3H3. The van der Waals surface area contributed by atoms with Crippen molar-refractivity contribution >= 4 is 0 Å². The van der Waals surface area contributed by atoms with Gasteiger partial charge in [-0.1, -0.05) is 6.92 Å². The summed E-state index contributed by atoms with van der Waals surface area (Å²) in [5.41, 5.74) is 2.32. The second kappa shape index (κ2) is 6.65. The molecule has 3 heterocycles. The zero-order valence-electron chi connectivity index (χ0n) is 13.9. The Morgan fingerprint density at radius 2 is 2.05 bits per heavy atom. The fraction of sp³-hybridized carbons (Fsp3) is 0.647. The highest BCUT2D eigenvalue weighted by Gasteiger charge is 2.21. The summed E-state index contributed by atoms with van der Waals surface area (Å²) in [6.07, 6.45) is 10.6. The van der Waals surface area contributed by atoms with Crippen LogP contribution in [0.5, 0.6) is 0 Å². The number of rotatable bonds is 5. The highest BCUT2D eigenvalue weighted by Crippen LogP contribution is 2.22. The van der Waals surface area contributed by atoms with E-state index in [1.54, 1.807) is 0 Å². The first kappa shape index (κ1) is 15.3. The van der Waals surface area contributed by atoms with Gasteiger partial charge in [0.05, 0.1) is 24.4 Å². The number of imidazole rings is 1. The first-order chi connectivity index (χ1) is 10.7.